The van der Waals surface area contributed by atoms with Gasteiger partial charge in [0.1, 0.15) is 11.4 Å². The Labute approximate surface area is 91.0 Å². The summed E-state index contributed by atoms with van der Waals surface area (Å²) in [5.74, 6) is 0.816. The van der Waals surface area contributed by atoms with E-state index < -0.39 is 0 Å². The van der Waals surface area contributed by atoms with Crippen molar-refractivity contribution in [3.8, 4) is 5.75 Å². The van der Waals surface area contributed by atoms with Crippen molar-refractivity contribution in [2.75, 3.05) is 0 Å². The largest absolute Gasteiger partial charge is 0.488 e. The standard InChI is InChI=1S/C12H16ClO/c1-4-8-12(2,3)14-11-7-5-6-10(13)9-11/h5-7,9H,1,4,8H2,2-3H3. The van der Waals surface area contributed by atoms with Crippen molar-refractivity contribution < 1.29 is 4.74 Å². The molecule has 0 amide bonds. The monoisotopic (exact) mass is 211 g/mol. The number of hydrogen-bond donors (Lipinski definition) is 0. The average molecular weight is 212 g/mol. The van der Waals surface area contributed by atoms with Crippen molar-refractivity contribution >= 4 is 11.6 Å². The lowest BCUT2D eigenvalue weighted by Gasteiger charge is -2.26. The van der Waals surface area contributed by atoms with E-state index in [9.17, 15) is 0 Å². The van der Waals surface area contributed by atoms with Crippen molar-refractivity contribution in [3.63, 3.8) is 0 Å². The van der Waals surface area contributed by atoms with Gasteiger partial charge in [-0.3, -0.25) is 0 Å². The topological polar surface area (TPSA) is 9.23 Å². The van der Waals surface area contributed by atoms with E-state index in [1.165, 1.54) is 0 Å². The normalized spacial score (nSPS) is 11.4. The Bertz CT molecular complexity index is 294. The third-order valence-corrected chi connectivity index (χ3v) is 2.20. The van der Waals surface area contributed by atoms with Crippen LogP contribution in [-0.2, 0) is 0 Å². The van der Waals surface area contributed by atoms with Gasteiger partial charge in [0.05, 0.1) is 0 Å². The molecule has 0 aliphatic rings. The molecule has 0 aliphatic carbocycles. The maximum Gasteiger partial charge on any atom is 0.121 e. The second-order valence-corrected chi connectivity index (χ2v) is 4.36. The summed E-state index contributed by atoms with van der Waals surface area (Å²) in [5, 5.41) is 0.702. The van der Waals surface area contributed by atoms with E-state index in [4.69, 9.17) is 16.3 Å². The van der Waals surface area contributed by atoms with Crippen LogP contribution in [0.3, 0.4) is 0 Å². The number of ether oxygens (including phenoxy) is 1. The van der Waals surface area contributed by atoms with Crippen LogP contribution in [0.15, 0.2) is 24.3 Å². The summed E-state index contributed by atoms with van der Waals surface area (Å²) in [7, 11) is 0. The molecule has 1 aromatic carbocycles. The Hall–Kier alpha value is -0.690. The van der Waals surface area contributed by atoms with Crippen LogP contribution >= 0.6 is 11.6 Å². The maximum atomic E-state index is 5.86. The van der Waals surface area contributed by atoms with Gasteiger partial charge < -0.3 is 4.74 Å². The Kier molecular flexibility index (Phi) is 3.82. The van der Waals surface area contributed by atoms with Gasteiger partial charge in [-0.1, -0.05) is 24.6 Å². The molecule has 0 spiro atoms. The van der Waals surface area contributed by atoms with Crippen LogP contribution < -0.4 is 4.74 Å². The third kappa shape index (κ3) is 3.59. The second-order valence-electron chi connectivity index (χ2n) is 3.92. The van der Waals surface area contributed by atoms with E-state index in [1.54, 1.807) is 0 Å². The minimum Gasteiger partial charge on any atom is -0.488 e. The van der Waals surface area contributed by atoms with E-state index >= 15 is 0 Å². The predicted octanol–water partition coefficient (Wildman–Crippen LogP) is 4.11. The van der Waals surface area contributed by atoms with Gasteiger partial charge in [-0.2, -0.15) is 0 Å². The summed E-state index contributed by atoms with van der Waals surface area (Å²) in [5.41, 5.74) is -0.174. The molecule has 1 rings (SSSR count). The van der Waals surface area contributed by atoms with Crippen LogP contribution in [0.25, 0.3) is 0 Å². The van der Waals surface area contributed by atoms with Crippen molar-refractivity contribution in [3.05, 3.63) is 36.2 Å². The molecule has 0 unspecified atom stereocenters. The molecule has 1 aromatic rings. The zero-order chi connectivity index (χ0) is 10.6. The molecular formula is C12H16ClO. The summed E-state index contributed by atoms with van der Waals surface area (Å²) < 4.78 is 5.80. The number of halogens is 1. The van der Waals surface area contributed by atoms with Crippen LogP contribution in [0.1, 0.15) is 26.7 Å². The molecule has 0 saturated heterocycles. The SMILES string of the molecule is [CH2]CCC(C)(C)Oc1cccc(Cl)c1. The molecule has 0 aliphatic heterocycles. The van der Waals surface area contributed by atoms with Crippen molar-refractivity contribution in [1.82, 2.24) is 0 Å². The number of hydrogen-bond acceptors (Lipinski definition) is 1. The highest BCUT2D eigenvalue weighted by atomic mass is 35.5. The van der Waals surface area contributed by atoms with Gasteiger partial charge in [-0.05, 0) is 44.9 Å². The molecule has 0 heterocycles. The summed E-state index contributed by atoms with van der Waals surface area (Å²) in [6, 6.07) is 7.46. The van der Waals surface area contributed by atoms with Crippen molar-refractivity contribution in [1.29, 1.82) is 0 Å². The van der Waals surface area contributed by atoms with E-state index in [0.717, 1.165) is 18.6 Å². The Balaban J connectivity index is 2.68. The molecule has 0 saturated carbocycles. The first-order valence-electron chi connectivity index (χ1n) is 4.77. The molecule has 0 bridgehead atoms. The molecule has 2 heteroatoms. The highest BCUT2D eigenvalue weighted by Gasteiger charge is 2.18. The molecule has 0 atom stereocenters. The lowest BCUT2D eigenvalue weighted by molar-refractivity contribution is 0.100. The number of benzene rings is 1. The Morgan fingerprint density at radius 3 is 2.71 bits per heavy atom. The number of rotatable bonds is 4. The Morgan fingerprint density at radius 2 is 2.14 bits per heavy atom. The molecule has 14 heavy (non-hydrogen) atoms. The van der Waals surface area contributed by atoms with Gasteiger partial charge in [-0.15, -0.1) is 0 Å². The van der Waals surface area contributed by atoms with Crippen LogP contribution in [0.2, 0.25) is 5.02 Å². The highest BCUT2D eigenvalue weighted by Crippen LogP contribution is 2.24. The fraction of sp³-hybridized carbons (Fsp3) is 0.417. The summed E-state index contributed by atoms with van der Waals surface area (Å²) in [4.78, 5) is 0. The molecule has 0 N–H and O–H groups in total. The quantitative estimate of drug-likeness (QED) is 0.728. The fourth-order valence-electron chi connectivity index (χ4n) is 1.33. The molecular weight excluding hydrogens is 196 g/mol. The fourth-order valence-corrected chi connectivity index (χ4v) is 1.51. The first-order valence-corrected chi connectivity index (χ1v) is 5.15. The average Bonchev–Trinajstić information content (AvgIpc) is 2.02. The highest BCUT2D eigenvalue weighted by molar-refractivity contribution is 6.30. The van der Waals surface area contributed by atoms with E-state index in [2.05, 4.69) is 20.8 Å². The third-order valence-electron chi connectivity index (χ3n) is 1.97. The zero-order valence-electron chi connectivity index (χ0n) is 8.72. The van der Waals surface area contributed by atoms with Gasteiger partial charge in [-0.25, -0.2) is 0 Å². The Morgan fingerprint density at radius 1 is 1.43 bits per heavy atom. The van der Waals surface area contributed by atoms with Gasteiger partial charge in [0, 0.05) is 5.02 Å². The lowest BCUT2D eigenvalue weighted by Crippen LogP contribution is -2.27. The molecule has 0 fully saturated rings. The smallest absolute Gasteiger partial charge is 0.121 e. The van der Waals surface area contributed by atoms with Crippen LogP contribution in [0.4, 0.5) is 0 Å². The minimum absolute atomic E-state index is 0.174. The summed E-state index contributed by atoms with van der Waals surface area (Å²) >= 11 is 5.86. The zero-order valence-corrected chi connectivity index (χ0v) is 9.47. The lowest BCUT2D eigenvalue weighted by atomic mass is 10.0. The molecule has 77 valence electrons. The molecule has 1 radical (unpaired) electrons. The van der Waals surface area contributed by atoms with E-state index in [1.807, 2.05) is 24.3 Å². The minimum atomic E-state index is -0.174. The van der Waals surface area contributed by atoms with Crippen LogP contribution in [-0.4, -0.2) is 5.60 Å². The van der Waals surface area contributed by atoms with Gasteiger partial charge in [0.15, 0.2) is 0 Å². The van der Waals surface area contributed by atoms with Crippen molar-refractivity contribution in [2.24, 2.45) is 0 Å². The first-order chi connectivity index (χ1) is 6.53. The van der Waals surface area contributed by atoms with Crippen LogP contribution in [0.5, 0.6) is 5.75 Å². The van der Waals surface area contributed by atoms with Gasteiger partial charge in [0.25, 0.3) is 0 Å². The first kappa shape index (κ1) is 11.4. The summed E-state index contributed by atoms with van der Waals surface area (Å²) in [6.07, 6.45) is 1.80. The maximum absolute atomic E-state index is 5.86. The summed E-state index contributed by atoms with van der Waals surface area (Å²) in [6.45, 7) is 7.93. The van der Waals surface area contributed by atoms with Crippen LogP contribution in [0, 0.1) is 6.92 Å². The molecule has 0 aromatic heterocycles. The predicted molar refractivity (Wildman–Crippen MR) is 60.8 cm³/mol. The molecule has 1 nitrogen and oxygen atoms in total. The second kappa shape index (κ2) is 4.70. The van der Waals surface area contributed by atoms with E-state index in [0.29, 0.717) is 5.02 Å². The van der Waals surface area contributed by atoms with Gasteiger partial charge in [0.2, 0.25) is 0 Å². The van der Waals surface area contributed by atoms with Gasteiger partial charge >= 0.3 is 0 Å². The van der Waals surface area contributed by atoms with Crippen molar-refractivity contribution in [2.45, 2.75) is 32.3 Å². The van der Waals surface area contributed by atoms with E-state index in [-0.39, 0.29) is 5.60 Å².